The van der Waals surface area contributed by atoms with Crippen LogP contribution in [0.5, 0.6) is 0 Å². The van der Waals surface area contributed by atoms with E-state index >= 15 is 0 Å². The molecule has 0 saturated heterocycles. The van der Waals surface area contributed by atoms with Crippen LogP contribution in [-0.2, 0) is 0 Å². The van der Waals surface area contributed by atoms with Gasteiger partial charge in [0.25, 0.3) is 0 Å². The van der Waals surface area contributed by atoms with Crippen LogP contribution in [0.3, 0.4) is 0 Å². The first-order chi connectivity index (χ1) is 9.13. The summed E-state index contributed by atoms with van der Waals surface area (Å²) in [4.78, 5) is 2.81. The fourth-order valence-electron chi connectivity index (χ4n) is 3.88. The molecule has 3 aliphatic rings. The average Bonchev–Trinajstić information content (AvgIpc) is 3.24. The molecule has 3 fully saturated rings. The monoisotopic (exact) mass is 264 g/mol. The fourth-order valence-corrected chi connectivity index (χ4v) is 3.88. The van der Waals surface area contributed by atoms with Gasteiger partial charge in [-0.05, 0) is 68.6 Å². The van der Waals surface area contributed by atoms with Crippen LogP contribution in [-0.4, -0.2) is 30.1 Å². The van der Waals surface area contributed by atoms with E-state index in [1.54, 1.807) is 0 Å². The molecule has 2 heteroatoms. The van der Waals surface area contributed by atoms with Gasteiger partial charge in [-0.3, -0.25) is 4.90 Å². The Bertz CT molecular complexity index is 294. The van der Waals surface area contributed by atoms with E-state index in [1.807, 2.05) is 0 Å². The van der Waals surface area contributed by atoms with Crippen molar-refractivity contribution in [3.8, 4) is 0 Å². The van der Waals surface area contributed by atoms with Gasteiger partial charge in [0.2, 0.25) is 0 Å². The summed E-state index contributed by atoms with van der Waals surface area (Å²) in [6, 6.07) is 1.39. The van der Waals surface area contributed by atoms with Crippen molar-refractivity contribution in [3.05, 3.63) is 0 Å². The molecule has 2 N–H and O–H groups in total. The van der Waals surface area contributed by atoms with Crippen LogP contribution in [0.2, 0.25) is 0 Å². The summed E-state index contributed by atoms with van der Waals surface area (Å²) in [6.45, 7) is 7.45. The number of hydrogen-bond acceptors (Lipinski definition) is 2. The van der Waals surface area contributed by atoms with Gasteiger partial charge < -0.3 is 5.73 Å². The van der Waals surface area contributed by atoms with E-state index in [0.717, 1.165) is 29.7 Å². The molecule has 3 aliphatic carbocycles. The third-order valence-electron chi connectivity index (χ3n) is 5.75. The quantitative estimate of drug-likeness (QED) is 0.798. The Kier molecular flexibility index (Phi) is 4.19. The minimum atomic E-state index is 0.468. The van der Waals surface area contributed by atoms with Crippen LogP contribution >= 0.6 is 0 Å². The highest BCUT2D eigenvalue weighted by Crippen LogP contribution is 2.38. The van der Waals surface area contributed by atoms with Gasteiger partial charge in [0, 0.05) is 25.2 Å². The molecule has 110 valence electrons. The molecule has 0 aromatic carbocycles. The highest BCUT2D eigenvalue weighted by atomic mass is 15.2. The largest absolute Gasteiger partial charge is 0.327 e. The Morgan fingerprint density at radius 3 is 2.32 bits per heavy atom. The molecule has 0 spiro atoms. The van der Waals surface area contributed by atoms with Crippen LogP contribution in [0.25, 0.3) is 0 Å². The Morgan fingerprint density at radius 1 is 1.00 bits per heavy atom. The van der Waals surface area contributed by atoms with E-state index in [9.17, 15) is 0 Å². The van der Waals surface area contributed by atoms with Crippen molar-refractivity contribution in [2.45, 2.75) is 70.9 Å². The van der Waals surface area contributed by atoms with Crippen molar-refractivity contribution in [1.29, 1.82) is 0 Å². The Labute approximate surface area is 119 Å². The molecule has 0 aromatic rings. The van der Waals surface area contributed by atoms with Gasteiger partial charge in [-0.15, -0.1) is 0 Å². The summed E-state index contributed by atoms with van der Waals surface area (Å²) in [5, 5.41) is 0. The summed E-state index contributed by atoms with van der Waals surface area (Å²) in [5.74, 6) is 3.56. The molecule has 0 bridgehead atoms. The third-order valence-corrected chi connectivity index (χ3v) is 5.75. The molecule has 3 saturated carbocycles. The summed E-state index contributed by atoms with van der Waals surface area (Å²) >= 11 is 0. The summed E-state index contributed by atoms with van der Waals surface area (Å²) in [5.41, 5.74) is 6.43. The lowest BCUT2D eigenvalue weighted by atomic mass is 9.73. The van der Waals surface area contributed by atoms with Crippen LogP contribution in [0.4, 0.5) is 0 Å². The number of nitrogens with two attached hydrogens (primary N) is 1. The first-order valence-corrected chi connectivity index (χ1v) is 8.63. The third kappa shape index (κ3) is 3.72. The molecule has 0 aromatic heterocycles. The summed E-state index contributed by atoms with van der Waals surface area (Å²) in [6.07, 6.45) is 9.86. The highest BCUT2D eigenvalue weighted by molar-refractivity contribution is 4.92. The second-order valence-corrected chi connectivity index (χ2v) is 7.87. The molecule has 0 radical (unpaired) electrons. The normalized spacial score (nSPS) is 36.2. The predicted molar refractivity (Wildman–Crippen MR) is 81.0 cm³/mol. The van der Waals surface area contributed by atoms with Gasteiger partial charge >= 0.3 is 0 Å². The minimum absolute atomic E-state index is 0.468. The van der Waals surface area contributed by atoms with Crippen molar-refractivity contribution >= 4 is 0 Å². The van der Waals surface area contributed by atoms with Crippen molar-refractivity contribution in [2.24, 2.45) is 29.4 Å². The van der Waals surface area contributed by atoms with Gasteiger partial charge in [-0.2, -0.15) is 0 Å². The summed E-state index contributed by atoms with van der Waals surface area (Å²) in [7, 11) is 0. The van der Waals surface area contributed by atoms with E-state index in [2.05, 4.69) is 18.7 Å². The molecule has 0 amide bonds. The van der Waals surface area contributed by atoms with Gasteiger partial charge in [0.05, 0.1) is 0 Å². The zero-order chi connectivity index (χ0) is 13.4. The zero-order valence-electron chi connectivity index (χ0n) is 12.9. The molecule has 2 nitrogen and oxygen atoms in total. The van der Waals surface area contributed by atoms with Crippen LogP contribution in [0, 0.1) is 23.7 Å². The Morgan fingerprint density at radius 2 is 1.74 bits per heavy atom. The van der Waals surface area contributed by atoms with Crippen LogP contribution in [0.15, 0.2) is 0 Å². The smallest absolute Gasteiger partial charge is 0.00966 e. The molecule has 3 atom stereocenters. The highest BCUT2D eigenvalue weighted by Gasteiger charge is 2.37. The maximum Gasteiger partial charge on any atom is 0.00966 e. The lowest BCUT2D eigenvalue weighted by Gasteiger charge is -2.39. The lowest BCUT2D eigenvalue weighted by molar-refractivity contribution is 0.129. The second kappa shape index (κ2) is 5.73. The first-order valence-electron chi connectivity index (χ1n) is 8.63. The van der Waals surface area contributed by atoms with Crippen molar-refractivity contribution < 1.29 is 0 Å². The minimum Gasteiger partial charge on any atom is -0.327 e. The van der Waals surface area contributed by atoms with Crippen molar-refractivity contribution in [2.75, 3.05) is 13.1 Å². The maximum atomic E-state index is 6.43. The topological polar surface area (TPSA) is 29.3 Å². The van der Waals surface area contributed by atoms with Crippen LogP contribution in [0.1, 0.15) is 58.8 Å². The summed E-state index contributed by atoms with van der Waals surface area (Å²) < 4.78 is 0. The molecule has 3 rings (SSSR count). The number of hydrogen-bond donors (Lipinski definition) is 1. The molecular weight excluding hydrogens is 232 g/mol. The van der Waals surface area contributed by atoms with E-state index in [-0.39, 0.29) is 0 Å². The predicted octanol–water partition coefficient (Wildman–Crippen LogP) is 3.26. The van der Waals surface area contributed by atoms with E-state index in [4.69, 9.17) is 5.73 Å². The van der Waals surface area contributed by atoms with Crippen LogP contribution < -0.4 is 5.73 Å². The van der Waals surface area contributed by atoms with Crippen molar-refractivity contribution in [1.82, 2.24) is 4.90 Å². The SMILES string of the molecule is CC(C)C1CCC(N)C(CN(CC2CC2)C2CC2)C1. The van der Waals surface area contributed by atoms with E-state index in [1.165, 1.54) is 58.0 Å². The number of rotatable bonds is 6. The van der Waals surface area contributed by atoms with Gasteiger partial charge in [-0.25, -0.2) is 0 Å². The van der Waals surface area contributed by atoms with Gasteiger partial charge in [-0.1, -0.05) is 13.8 Å². The first kappa shape index (κ1) is 13.9. The van der Waals surface area contributed by atoms with Gasteiger partial charge in [0.1, 0.15) is 0 Å². The average molecular weight is 264 g/mol. The molecule has 19 heavy (non-hydrogen) atoms. The van der Waals surface area contributed by atoms with E-state index < -0.39 is 0 Å². The maximum absolute atomic E-state index is 6.43. The van der Waals surface area contributed by atoms with Gasteiger partial charge in [0.15, 0.2) is 0 Å². The molecule has 0 heterocycles. The molecular formula is C17H32N2. The Hall–Kier alpha value is -0.0800. The second-order valence-electron chi connectivity index (χ2n) is 7.87. The number of nitrogens with zero attached hydrogens (tertiary/aromatic N) is 1. The standard InChI is InChI=1S/C17H32N2/c1-12(2)14-5-8-17(18)15(9-14)11-19(16-6-7-16)10-13-3-4-13/h12-17H,3-11,18H2,1-2H3. The molecule has 0 aliphatic heterocycles. The fraction of sp³-hybridized carbons (Fsp3) is 1.00. The van der Waals surface area contributed by atoms with Crippen molar-refractivity contribution in [3.63, 3.8) is 0 Å². The molecule has 3 unspecified atom stereocenters. The lowest BCUT2D eigenvalue weighted by Crippen LogP contribution is -2.45. The van der Waals surface area contributed by atoms with E-state index in [0.29, 0.717) is 6.04 Å². The zero-order valence-corrected chi connectivity index (χ0v) is 12.9. The Balaban J connectivity index is 1.55.